The van der Waals surface area contributed by atoms with Gasteiger partial charge >= 0.3 is 5.97 Å². The van der Waals surface area contributed by atoms with Gasteiger partial charge < -0.3 is 5.11 Å². The van der Waals surface area contributed by atoms with E-state index in [1.807, 2.05) is 19.9 Å². The van der Waals surface area contributed by atoms with Gasteiger partial charge in [-0.25, -0.2) is 0 Å². The summed E-state index contributed by atoms with van der Waals surface area (Å²) < 4.78 is 0. The fraction of sp³-hybridized carbons (Fsp3) is 0.286. The van der Waals surface area contributed by atoms with Crippen LogP contribution >= 0.6 is 0 Å². The lowest BCUT2D eigenvalue weighted by Gasteiger charge is -2.08. The molecule has 0 saturated heterocycles. The minimum atomic E-state index is -0.765. The van der Waals surface area contributed by atoms with Crippen molar-refractivity contribution in [3.8, 4) is 0 Å². The second kappa shape index (κ2) is 4.53. The Morgan fingerprint density at radius 2 is 2.12 bits per heavy atom. The Balaban J connectivity index is 2.52. The van der Waals surface area contributed by atoms with Crippen LogP contribution in [0.15, 0.2) is 24.4 Å². The summed E-state index contributed by atoms with van der Waals surface area (Å²) in [5, 5.41) is 9.82. The van der Waals surface area contributed by atoms with Gasteiger partial charge in [0.05, 0.1) is 5.52 Å². The Labute approximate surface area is 100 Å². The molecule has 3 nitrogen and oxygen atoms in total. The maximum Gasteiger partial charge on any atom is 0.303 e. The topological polar surface area (TPSA) is 50.2 Å². The summed E-state index contributed by atoms with van der Waals surface area (Å²) in [6, 6.07) is 6.08. The van der Waals surface area contributed by atoms with Crippen LogP contribution in [0.1, 0.15) is 23.1 Å². The molecule has 0 aliphatic rings. The van der Waals surface area contributed by atoms with E-state index in [4.69, 9.17) is 5.11 Å². The number of fused-ring (bicyclic) bond motifs is 1. The number of carboxylic acid groups (broad SMARTS) is 1. The van der Waals surface area contributed by atoms with Crippen molar-refractivity contribution in [3.63, 3.8) is 0 Å². The highest BCUT2D eigenvalue weighted by molar-refractivity contribution is 5.85. The van der Waals surface area contributed by atoms with Crippen molar-refractivity contribution in [2.24, 2.45) is 0 Å². The zero-order valence-corrected chi connectivity index (χ0v) is 10.0. The Morgan fingerprint density at radius 1 is 1.35 bits per heavy atom. The molecule has 1 heterocycles. The first-order valence-corrected chi connectivity index (χ1v) is 5.64. The average Bonchev–Trinajstić information content (AvgIpc) is 2.26. The van der Waals surface area contributed by atoms with Crippen molar-refractivity contribution in [2.75, 3.05) is 0 Å². The van der Waals surface area contributed by atoms with E-state index < -0.39 is 5.97 Å². The van der Waals surface area contributed by atoms with Crippen LogP contribution < -0.4 is 0 Å². The fourth-order valence-corrected chi connectivity index (χ4v) is 2.13. The normalized spacial score (nSPS) is 10.7. The Morgan fingerprint density at radius 3 is 2.82 bits per heavy atom. The third kappa shape index (κ3) is 2.44. The molecule has 1 N–H and O–H groups in total. The Kier molecular flexibility index (Phi) is 3.09. The maximum absolute atomic E-state index is 10.6. The van der Waals surface area contributed by atoms with Crippen LogP contribution in [0.2, 0.25) is 0 Å². The molecule has 0 amide bonds. The first-order chi connectivity index (χ1) is 8.08. The first kappa shape index (κ1) is 11.6. The number of rotatable bonds is 3. The van der Waals surface area contributed by atoms with Gasteiger partial charge in [-0.2, -0.15) is 0 Å². The minimum Gasteiger partial charge on any atom is -0.481 e. The minimum absolute atomic E-state index is 0.159. The van der Waals surface area contributed by atoms with Crippen LogP contribution in [0, 0.1) is 13.8 Å². The molecule has 0 fully saturated rings. The quantitative estimate of drug-likeness (QED) is 0.880. The molecule has 1 aromatic carbocycles. The summed E-state index contributed by atoms with van der Waals surface area (Å²) in [7, 11) is 0. The number of carboxylic acids is 1. The molecule has 0 radical (unpaired) electrons. The van der Waals surface area contributed by atoms with Gasteiger partial charge in [0, 0.05) is 18.0 Å². The third-order valence-electron chi connectivity index (χ3n) is 2.88. The van der Waals surface area contributed by atoms with Crippen LogP contribution in [0.3, 0.4) is 0 Å². The van der Waals surface area contributed by atoms with E-state index in [-0.39, 0.29) is 6.42 Å². The molecule has 2 aromatic rings. The van der Waals surface area contributed by atoms with Gasteiger partial charge in [-0.1, -0.05) is 11.6 Å². The Hall–Kier alpha value is -1.90. The van der Waals surface area contributed by atoms with Gasteiger partial charge in [0.2, 0.25) is 0 Å². The van der Waals surface area contributed by atoms with Crippen LogP contribution in [0.25, 0.3) is 10.9 Å². The van der Waals surface area contributed by atoms with E-state index in [0.29, 0.717) is 6.42 Å². The van der Waals surface area contributed by atoms with Crippen LogP contribution in [0.4, 0.5) is 0 Å². The molecule has 0 spiro atoms. The van der Waals surface area contributed by atoms with Crippen molar-refractivity contribution < 1.29 is 9.90 Å². The summed E-state index contributed by atoms with van der Waals surface area (Å²) in [5.74, 6) is -0.765. The molecule has 17 heavy (non-hydrogen) atoms. The smallest absolute Gasteiger partial charge is 0.303 e. The number of nitrogens with zero attached hydrogens (tertiary/aromatic N) is 1. The molecule has 0 aliphatic heterocycles. The summed E-state index contributed by atoms with van der Waals surface area (Å²) in [6.07, 6.45) is 2.46. The van der Waals surface area contributed by atoms with E-state index in [9.17, 15) is 4.79 Å². The number of pyridine rings is 1. The molecular formula is C14H15NO2. The van der Waals surface area contributed by atoms with E-state index in [0.717, 1.165) is 22.0 Å². The molecule has 0 atom stereocenters. The second-order valence-corrected chi connectivity index (χ2v) is 4.34. The monoisotopic (exact) mass is 229 g/mol. The molecule has 0 bridgehead atoms. The average molecular weight is 229 g/mol. The maximum atomic E-state index is 10.6. The van der Waals surface area contributed by atoms with Crippen molar-refractivity contribution in [1.29, 1.82) is 0 Å². The number of aromatic nitrogens is 1. The lowest BCUT2D eigenvalue weighted by molar-refractivity contribution is -0.136. The molecule has 3 heteroatoms. The largest absolute Gasteiger partial charge is 0.481 e. The van der Waals surface area contributed by atoms with Crippen LogP contribution in [-0.4, -0.2) is 16.1 Å². The first-order valence-electron chi connectivity index (χ1n) is 5.64. The van der Waals surface area contributed by atoms with Crippen molar-refractivity contribution in [1.82, 2.24) is 4.98 Å². The van der Waals surface area contributed by atoms with Crippen molar-refractivity contribution >= 4 is 16.9 Å². The van der Waals surface area contributed by atoms with Gasteiger partial charge in [-0.3, -0.25) is 9.78 Å². The Bertz CT molecular complexity index is 576. The molecule has 1 aromatic heterocycles. The number of aliphatic carboxylic acids is 1. The summed E-state index contributed by atoms with van der Waals surface area (Å²) in [6.45, 7) is 4.07. The van der Waals surface area contributed by atoms with Crippen molar-refractivity contribution in [3.05, 3.63) is 41.1 Å². The highest BCUT2D eigenvalue weighted by Gasteiger charge is 2.06. The van der Waals surface area contributed by atoms with Gasteiger partial charge in [0.1, 0.15) is 0 Å². The number of hydrogen-bond acceptors (Lipinski definition) is 2. The zero-order chi connectivity index (χ0) is 12.4. The number of carbonyl (C=O) groups is 1. The highest BCUT2D eigenvalue weighted by atomic mass is 16.4. The van der Waals surface area contributed by atoms with Crippen molar-refractivity contribution in [2.45, 2.75) is 26.7 Å². The summed E-state index contributed by atoms with van der Waals surface area (Å²) in [5.41, 5.74) is 4.35. The van der Waals surface area contributed by atoms with Crippen LogP contribution in [-0.2, 0) is 11.2 Å². The molecule has 0 unspecified atom stereocenters. The molecule has 0 saturated carbocycles. The van der Waals surface area contributed by atoms with Crippen LogP contribution in [0.5, 0.6) is 0 Å². The standard InChI is InChI=1S/C14H15NO2/c1-9-7-10(2)14-12(8-9)11(5-6-15-14)3-4-13(16)17/h5-8H,3-4H2,1-2H3,(H,16,17). The number of benzene rings is 1. The SMILES string of the molecule is Cc1cc(C)c2nccc(CCC(=O)O)c2c1. The van der Waals surface area contributed by atoms with Gasteiger partial charge in [-0.05, 0) is 43.5 Å². The number of hydrogen-bond donors (Lipinski definition) is 1. The summed E-state index contributed by atoms with van der Waals surface area (Å²) in [4.78, 5) is 15.0. The van der Waals surface area contributed by atoms with Gasteiger partial charge in [-0.15, -0.1) is 0 Å². The van der Waals surface area contributed by atoms with E-state index in [1.54, 1.807) is 6.20 Å². The van der Waals surface area contributed by atoms with E-state index >= 15 is 0 Å². The van der Waals surface area contributed by atoms with E-state index in [1.165, 1.54) is 5.56 Å². The number of aryl methyl sites for hydroxylation is 3. The highest BCUT2D eigenvalue weighted by Crippen LogP contribution is 2.22. The lowest BCUT2D eigenvalue weighted by atomic mass is 10.00. The second-order valence-electron chi connectivity index (χ2n) is 4.34. The summed E-state index contributed by atoms with van der Waals surface area (Å²) >= 11 is 0. The lowest BCUT2D eigenvalue weighted by Crippen LogP contribution is -1.99. The van der Waals surface area contributed by atoms with E-state index in [2.05, 4.69) is 17.1 Å². The van der Waals surface area contributed by atoms with Gasteiger partial charge in [0.25, 0.3) is 0 Å². The molecule has 0 aliphatic carbocycles. The predicted molar refractivity (Wildman–Crippen MR) is 67.2 cm³/mol. The zero-order valence-electron chi connectivity index (χ0n) is 10.0. The van der Waals surface area contributed by atoms with Gasteiger partial charge in [0.15, 0.2) is 0 Å². The molecular weight excluding hydrogens is 214 g/mol. The fourth-order valence-electron chi connectivity index (χ4n) is 2.13. The molecule has 2 rings (SSSR count). The molecule has 88 valence electrons. The third-order valence-corrected chi connectivity index (χ3v) is 2.88. The predicted octanol–water partition coefficient (Wildman–Crippen LogP) is 2.87.